The predicted molar refractivity (Wildman–Crippen MR) is 101 cm³/mol. The Kier molecular flexibility index (Phi) is 7.17. The molecule has 1 atom stereocenters. The SMILES string of the molecule is COc1ccc(S(=O)(=O)Nc2ccccc2OC(F)(F)[C@H](F)C(F)(F)F)cc1NC(C)=O. The summed E-state index contributed by atoms with van der Waals surface area (Å²) in [6, 6.07) is 7.15. The largest absolute Gasteiger partial charge is 0.495 e. The van der Waals surface area contributed by atoms with Gasteiger partial charge in [-0.25, -0.2) is 12.8 Å². The topological polar surface area (TPSA) is 93.7 Å². The maximum absolute atomic E-state index is 13.6. The number of methoxy groups -OCH3 is 1. The fourth-order valence-corrected chi connectivity index (χ4v) is 3.47. The molecule has 14 heteroatoms. The second-order valence-electron chi connectivity index (χ2n) is 6.21. The smallest absolute Gasteiger partial charge is 0.439 e. The van der Waals surface area contributed by atoms with Crippen molar-refractivity contribution in [3.8, 4) is 11.5 Å². The van der Waals surface area contributed by atoms with Crippen LogP contribution in [0.1, 0.15) is 6.92 Å². The van der Waals surface area contributed by atoms with E-state index in [9.17, 15) is 39.6 Å². The van der Waals surface area contributed by atoms with Crippen molar-refractivity contribution in [3.05, 3.63) is 42.5 Å². The number of halogens is 6. The summed E-state index contributed by atoms with van der Waals surface area (Å²) in [5.74, 6) is -1.48. The molecule has 176 valence electrons. The maximum atomic E-state index is 13.6. The fraction of sp³-hybridized carbons (Fsp3) is 0.278. The van der Waals surface area contributed by atoms with Crippen LogP contribution in [0.4, 0.5) is 37.7 Å². The Morgan fingerprint density at radius 2 is 1.62 bits per heavy atom. The summed E-state index contributed by atoms with van der Waals surface area (Å²) in [5, 5.41) is 2.34. The minimum atomic E-state index is -5.92. The van der Waals surface area contributed by atoms with Crippen molar-refractivity contribution in [1.82, 2.24) is 0 Å². The van der Waals surface area contributed by atoms with Crippen LogP contribution in [0.3, 0.4) is 0 Å². The van der Waals surface area contributed by atoms with E-state index in [0.29, 0.717) is 0 Å². The van der Waals surface area contributed by atoms with Gasteiger partial charge in [0, 0.05) is 6.92 Å². The zero-order chi connectivity index (χ0) is 24.3. The maximum Gasteiger partial charge on any atom is 0.439 e. The zero-order valence-corrected chi connectivity index (χ0v) is 17.2. The number of sulfonamides is 1. The molecule has 0 aromatic heterocycles. The summed E-state index contributed by atoms with van der Waals surface area (Å²) in [4.78, 5) is 10.9. The Balaban J connectivity index is 2.39. The second-order valence-corrected chi connectivity index (χ2v) is 7.90. The van der Waals surface area contributed by atoms with Crippen LogP contribution in [0, 0.1) is 0 Å². The van der Waals surface area contributed by atoms with Crippen molar-refractivity contribution < 1.29 is 49.0 Å². The number of nitrogens with one attached hydrogen (secondary N) is 2. The van der Waals surface area contributed by atoms with Gasteiger partial charge in [-0.2, -0.15) is 22.0 Å². The first kappa shape index (κ1) is 25.1. The first-order chi connectivity index (χ1) is 14.7. The van der Waals surface area contributed by atoms with Gasteiger partial charge < -0.3 is 14.8 Å². The van der Waals surface area contributed by atoms with Crippen LogP contribution in [-0.2, 0) is 14.8 Å². The van der Waals surface area contributed by atoms with Crippen LogP contribution in [-0.4, -0.2) is 39.9 Å². The first-order valence-corrected chi connectivity index (χ1v) is 10.0. The molecular weight excluding hydrogens is 470 g/mol. The Morgan fingerprint density at radius 3 is 2.19 bits per heavy atom. The third kappa shape index (κ3) is 5.96. The molecule has 0 saturated heterocycles. The van der Waals surface area contributed by atoms with Gasteiger partial charge >= 0.3 is 12.3 Å². The summed E-state index contributed by atoms with van der Waals surface area (Å²) in [5.41, 5.74) is -0.706. The van der Waals surface area contributed by atoms with Crippen LogP contribution in [0.25, 0.3) is 0 Å². The number of benzene rings is 2. The van der Waals surface area contributed by atoms with Gasteiger partial charge in [0.25, 0.3) is 16.2 Å². The molecular formula is C18H16F6N2O5S. The van der Waals surface area contributed by atoms with Gasteiger partial charge in [-0.1, -0.05) is 12.1 Å². The number of ether oxygens (including phenoxy) is 2. The van der Waals surface area contributed by atoms with E-state index in [1.54, 1.807) is 0 Å². The highest BCUT2D eigenvalue weighted by Gasteiger charge is 2.59. The molecule has 0 aliphatic rings. The van der Waals surface area contributed by atoms with E-state index >= 15 is 0 Å². The second kappa shape index (κ2) is 9.14. The molecule has 2 aromatic carbocycles. The summed E-state index contributed by atoms with van der Waals surface area (Å²) >= 11 is 0. The van der Waals surface area contributed by atoms with Crippen molar-refractivity contribution in [1.29, 1.82) is 0 Å². The molecule has 1 amide bonds. The number of alkyl halides is 6. The van der Waals surface area contributed by atoms with E-state index in [0.717, 1.165) is 37.3 Å². The number of amides is 1. The van der Waals surface area contributed by atoms with E-state index in [1.165, 1.54) is 19.2 Å². The fourth-order valence-electron chi connectivity index (χ4n) is 2.37. The summed E-state index contributed by atoms with van der Waals surface area (Å²) in [6.07, 6.45) is -15.9. The standard InChI is InChI=1S/C18H16F6N2O5S/c1-10(27)25-13-9-11(7-8-14(13)30-2)32(28,29)26-12-5-3-4-6-15(12)31-18(23,24)16(19)17(20,21)22/h3-9,16,26H,1-2H3,(H,25,27)/t16-/m1/s1. The van der Waals surface area contributed by atoms with Gasteiger partial charge in [0.15, 0.2) is 5.75 Å². The normalized spacial score (nSPS) is 13.2. The van der Waals surface area contributed by atoms with E-state index in [-0.39, 0.29) is 11.4 Å². The van der Waals surface area contributed by atoms with E-state index in [4.69, 9.17) is 4.74 Å². The van der Waals surface area contributed by atoms with Gasteiger partial charge in [-0.15, -0.1) is 0 Å². The Bertz CT molecular complexity index is 1090. The van der Waals surface area contributed by atoms with Crippen LogP contribution < -0.4 is 19.5 Å². The molecule has 0 fully saturated rings. The zero-order valence-electron chi connectivity index (χ0n) is 16.3. The monoisotopic (exact) mass is 486 g/mol. The molecule has 0 spiro atoms. The molecule has 2 aromatic rings. The first-order valence-electron chi connectivity index (χ1n) is 8.52. The lowest BCUT2D eigenvalue weighted by Gasteiger charge is -2.24. The molecule has 0 unspecified atom stereocenters. The Hall–Kier alpha value is -3.16. The van der Waals surface area contributed by atoms with Gasteiger partial charge in [0.1, 0.15) is 5.75 Å². The van der Waals surface area contributed by atoms with Gasteiger partial charge in [0.2, 0.25) is 5.91 Å². The third-order valence-corrected chi connectivity index (χ3v) is 5.11. The molecule has 7 nitrogen and oxygen atoms in total. The molecule has 0 aliphatic carbocycles. The summed E-state index contributed by atoms with van der Waals surface area (Å²) in [7, 11) is -3.26. The summed E-state index contributed by atoms with van der Waals surface area (Å²) < 4.78 is 114. The van der Waals surface area contributed by atoms with Gasteiger partial charge in [-0.3, -0.25) is 9.52 Å². The van der Waals surface area contributed by atoms with Crippen molar-refractivity contribution in [2.45, 2.75) is 30.3 Å². The predicted octanol–water partition coefficient (Wildman–Crippen LogP) is 4.33. The van der Waals surface area contributed by atoms with Crippen LogP contribution in [0.5, 0.6) is 11.5 Å². The van der Waals surface area contributed by atoms with Gasteiger partial charge in [0.05, 0.1) is 23.4 Å². The average Bonchev–Trinajstić information content (AvgIpc) is 2.67. The number of carbonyl (C=O) groups is 1. The van der Waals surface area contributed by atoms with Crippen LogP contribution in [0.15, 0.2) is 47.4 Å². The Labute approximate surface area is 178 Å². The average molecular weight is 486 g/mol. The highest BCUT2D eigenvalue weighted by atomic mass is 32.2. The number of rotatable bonds is 8. The van der Waals surface area contributed by atoms with Crippen molar-refractivity contribution in [2.75, 3.05) is 17.1 Å². The van der Waals surface area contributed by atoms with Crippen LogP contribution >= 0.6 is 0 Å². The lowest BCUT2D eigenvalue weighted by Crippen LogP contribution is -2.45. The number of para-hydroxylation sites is 2. The van der Waals surface area contributed by atoms with Crippen molar-refractivity contribution in [2.24, 2.45) is 0 Å². The number of hydrogen-bond acceptors (Lipinski definition) is 5. The molecule has 0 heterocycles. The van der Waals surface area contributed by atoms with Crippen LogP contribution in [0.2, 0.25) is 0 Å². The quantitative estimate of drug-likeness (QED) is 0.542. The van der Waals surface area contributed by atoms with E-state index in [2.05, 4.69) is 10.1 Å². The molecule has 32 heavy (non-hydrogen) atoms. The van der Waals surface area contributed by atoms with E-state index in [1.807, 2.05) is 4.72 Å². The number of carbonyl (C=O) groups excluding carboxylic acids is 1. The minimum Gasteiger partial charge on any atom is -0.495 e. The minimum absolute atomic E-state index is 0.0237. The third-order valence-electron chi connectivity index (χ3n) is 3.75. The molecule has 2 rings (SSSR count). The number of anilines is 2. The van der Waals surface area contributed by atoms with Gasteiger partial charge in [-0.05, 0) is 30.3 Å². The molecule has 0 radical (unpaired) electrons. The van der Waals surface area contributed by atoms with E-state index < -0.39 is 50.7 Å². The lowest BCUT2D eigenvalue weighted by molar-refractivity contribution is -0.304. The number of hydrogen-bond donors (Lipinski definition) is 2. The highest BCUT2D eigenvalue weighted by molar-refractivity contribution is 7.92. The van der Waals surface area contributed by atoms with Crippen molar-refractivity contribution >= 4 is 27.3 Å². The lowest BCUT2D eigenvalue weighted by atomic mass is 10.3. The summed E-state index contributed by atoms with van der Waals surface area (Å²) in [6.45, 7) is 1.16. The molecule has 0 aliphatic heterocycles. The molecule has 0 bridgehead atoms. The Morgan fingerprint density at radius 1 is 1.00 bits per heavy atom. The molecule has 2 N–H and O–H groups in total. The van der Waals surface area contributed by atoms with Crippen molar-refractivity contribution in [3.63, 3.8) is 0 Å². The molecule has 0 saturated carbocycles. The highest BCUT2D eigenvalue weighted by Crippen LogP contribution is 2.39.